The molecule has 0 atom stereocenters. The number of anilines is 2. The zero-order chi connectivity index (χ0) is 14.7. The monoisotopic (exact) mass is 291 g/mol. The molecule has 0 bridgehead atoms. The van der Waals surface area contributed by atoms with Crippen molar-refractivity contribution >= 4 is 34.6 Å². The molecule has 0 saturated heterocycles. The van der Waals surface area contributed by atoms with Gasteiger partial charge in [-0.15, -0.1) is 0 Å². The standard InChI is InChI=1S/C13H10ClN3O3/c14-10-2-1-3-11(17(19)20)12(10)13(18)16-9-6-4-8(15)5-7-9/h1-7H,15H2,(H,16,18). The van der Waals surface area contributed by atoms with Crippen LogP contribution in [-0.2, 0) is 0 Å². The summed E-state index contributed by atoms with van der Waals surface area (Å²) in [6, 6.07) is 10.5. The molecule has 0 saturated carbocycles. The molecule has 2 aromatic rings. The van der Waals surface area contributed by atoms with Crippen LogP contribution in [0.25, 0.3) is 0 Å². The molecule has 102 valence electrons. The average Bonchev–Trinajstić information content (AvgIpc) is 2.40. The maximum atomic E-state index is 12.1. The Morgan fingerprint density at radius 1 is 1.20 bits per heavy atom. The Balaban J connectivity index is 2.34. The van der Waals surface area contributed by atoms with Crippen LogP contribution < -0.4 is 11.1 Å². The molecule has 6 nitrogen and oxygen atoms in total. The first-order valence-corrected chi connectivity index (χ1v) is 5.96. The fourth-order valence-corrected chi connectivity index (χ4v) is 1.91. The number of carbonyl (C=O) groups is 1. The number of nitro benzene ring substituents is 1. The minimum Gasteiger partial charge on any atom is -0.399 e. The Hall–Kier alpha value is -2.60. The molecule has 3 N–H and O–H groups in total. The summed E-state index contributed by atoms with van der Waals surface area (Å²) in [7, 11) is 0. The van der Waals surface area contributed by atoms with Crippen molar-refractivity contribution in [3.63, 3.8) is 0 Å². The Kier molecular flexibility index (Phi) is 3.86. The third-order valence-corrected chi connectivity index (χ3v) is 2.90. The minimum atomic E-state index is -0.649. The minimum absolute atomic E-state index is 0.0205. The van der Waals surface area contributed by atoms with E-state index < -0.39 is 10.8 Å². The van der Waals surface area contributed by atoms with E-state index in [2.05, 4.69) is 5.32 Å². The number of nitrogens with two attached hydrogens (primary N) is 1. The Bertz CT molecular complexity index is 671. The summed E-state index contributed by atoms with van der Waals surface area (Å²) in [6.07, 6.45) is 0. The number of halogens is 1. The van der Waals surface area contributed by atoms with E-state index in [4.69, 9.17) is 17.3 Å². The van der Waals surface area contributed by atoms with Crippen LogP contribution in [0.4, 0.5) is 17.1 Å². The molecular weight excluding hydrogens is 282 g/mol. The largest absolute Gasteiger partial charge is 0.399 e. The summed E-state index contributed by atoms with van der Waals surface area (Å²) in [4.78, 5) is 22.4. The third-order valence-electron chi connectivity index (χ3n) is 2.58. The number of amides is 1. The zero-order valence-corrected chi connectivity index (χ0v) is 10.9. The van der Waals surface area contributed by atoms with Gasteiger partial charge < -0.3 is 11.1 Å². The highest BCUT2D eigenvalue weighted by atomic mass is 35.5. The van der Waals surface area contributed by atoms with E-state index in [-0.39, 0.29) is 16.3 Å². The van der Waals surface area contributed by atoms with Crippen molar-refractivity contribution in [2.45, 2.75) is 0 Å². The lowest BCUT2D eigenvalue weighted by atomic mass is 10.1. The fraction of sp³-hybridized carbons (Fsp3) is 0. The van der Waals surface area contributed by atoms with Crippen molar-refractivity contribution in [3.05, 3.63) is 63.2 Å². The molecule has 0 spiro atoms. The molecule has 0 aliphatic rings. The van der Waals surface area contributed by atoms with Crippen LogP contribution in [0, 0.1) is 10.1 Å². The molecule has 2 rings (SSSR count). The first-order chi connectivity index (χ1) is 9.49. The molecule has 0 unspecified atom stereocenters. The molecule has 0 fully saturated rings. The Labute approximate surface area is 119 Å². The predicted octanol–water partition coefficient (Wildman–Crippen LogP) is 3.08. The van der Waals surface area contributed by atoms with Crippen molar-refractivity contribution in [2.75, 3.05) is 11.1 Å². The van der Waals surface area contributed by atoms with E-state index >= 15 is 0 Å². The summed E-state index contributed by atoms with van der Waals surface area (Å²) in [5.74, 6) is -0.646. The number of hydrogen-bond donors (Lipinski definition) is 2. The molecule has 2 aromatic carbocycles. The van der Waals surface area contributed by atoms with E-state index in [9.17, 15) is 14.9 Å². The molecule has 1 amide bonds. The lowest BCUT2D eigenvalue weighted by Gasteiger charge is -2.07. The van der Waals surface area contributed by atoms with Gasteiger partial charge in [0.05, 0.1) is 9.95 Å². The van der Waals surface area contributed by atoms with Gasteiger partial charge in [0, 0.05) is 17.4 Å². The second kappa shape index (κ2) is 5.58. The highest BCUT2D eigenvalue weighted by Crippen LogP contribution is 2.27. The molecule has 7 heteroatoms. The second-order valence-corrected chi connectivity index (χ2v) is 4.37. The number of benzene rings is 2. The van der Waals surface area contributed by atoms with E-state index in [1.165, 1.54) is 18.2 Å². The van der Waals surface area contributed by atoms with Gasteiger partial charge in [0.1, 0.15) is 5.56 Å². The van der Waals surface area contributed by atoms with Crippen LogP contribution in [0.1, 0.15) is 10.4 Å². The molecular formula is C13H10ClN3O3. The van der Waals surface area contributed by atoms with E-state index in [0.717, 1.165) is 0 Å². The normalized spacial score (nSPS) is 10.1. The van der Waals surface area contributed by atoms with Crippen molar-refractivity contribution in [3.8, 4) is 0 Å². The van der Waals surface area contributed by atoms with Gasteiger partial charge in [-0.1, -0.05) is 17.7 Å². The van der Waals surface area contributed by atoms with Crippen molar-refractivity contribution < 1.29 is 9.72 Å². The second-order valence-electron chi connectivity index (χ2n) is 3.97. The van der Waals surface area contributed by atoms with Gasteiger partial charge in [-0.05, 0) is 30.3 Å². The van der Waals surface area contributed by atoms with Crippen molar-refractivity contribution in [1.82, 2.24) is 0 Å². The van der Waals surface area contributed by atoms with Gasteiger partial charge in [-0.2, -0.15) is 0 Å². The average molecular weight is 292 g/mol. The summed E-state index contributed by atoms with van der Waals surface area (Å²) < 4.78 is 0. The summed E-state index contributed by atoms with van der Waals surface area (Å²) >= 11 is 5.87. The Morgan fingerprint density at radius 2 is 1.85 bits per heavy atom. The number of carbonyl (C=O) groups excluding carboxylic acids is 1. The molecule has 0 aromatic heterocycles. The first kappa shape index (κ1) is 13.8. The zero-order valence-electron chi connectivity index (χ0n) is 10.2. The highest BCUT2D eigenvalue weighted by molar-refractivity contribution is 6.35. The van der Waals surface area contributed by atoms with E-state index in [0.29, 0.717) is 11.4 Å². The van der Waals surface area contributed by atoms with Crippen LogP contribution in [0.15, 0.2) is 42.5 Å². The van der Waals surface area contributed by atoms with Gasteiger partial charge in [0.25, 0.3) is 11.6 Å². The van der Waals surface area contributed by atoms with Crippen LogP contribution >= 0.6 is 11.6 Å². The Morgan fingerprint density at radius 3 is 2.45 bits per heavy atom. The van der Waals surface area contributed by atoms with E-state index in [1.54, 1.807) is 24.3 Å². The number of nitrogen functional groups attached to an aromatic ring is 1. The van der Waals surface area contributed by atoms with Gasteiger partial charge in [0.15, 0.2) is 0 Å². The van der Waals surface area contributed by atoms with Gasteiger partial charge >= 0.3 is 0 Å². The molecule has 0 radical (unpaired) electrons. The summed E-state index contributed by atoms with van der Waals surface area (Å²) in [5.41, 5.74) is 6.04. The quantitative estimate of drug-likeness (QED) is 0.516. The summed E-state index contributed by atoms with van der Waals surface area (Å²) in [5, 5.41) is 13.5. The number of rotatable bonds is 3. The van der Waals surface area contributed by atoms with E-state index in [1.807, 2.05) is 0 Å². The van der Waals surface area contributed by atoms with Gasteiger partial charge in [-0.3, -0.25) is 14.9 Å². The topological polar surface area (TPSA) is 98.3 Å². The maximum absolute atomic E-state index is 12.1. The SMILES string of the molecule is Nc1ccc(NC(=O)c2c(Cl)cccc2[N+](=O)[O-])cc1. The molecule has 0 aliphatic carbocycles. The molecule has 20 heavy (non-hydrogen) atoms. The number of nitro groups is 1. The van der Waals surface area contributed by atoms with Crippen molar-refractivity contribution in [2.24, 2.45) is 0 Å². The highest BCUT2D eigenvalue weighted by Gasteiger charge is 2.23. The third kappa shape index (κ3) is 2.86. The predicted molar refractivity (Wildman–Crippen MR) is 76.9 cm³/mol. The van der Waals surface area contributed by atoms with Gasteiger partial charge in [0.2, 0.25) is 0 Å². The van der Waals surface area contributed by atoms with Crippen LogP contribution in [0.2, 0.25) is 5.02 Å². The fourth-order valence-electron chi connectivity index (χ4n) is 1.65. The lowest BCUT2D eigenvalue weighted by Crippen LogP contribution is -2.14. The number of nitrogens with zero attached hydrogens (tertiary/aromatic N) is 1. The van der Waals surface area contributed by atoms with Crippen LogP contribution in [0.5, 0.6) is 0 Å². The van der Waals surface area contributed by atoms with Gasteiger partial charge in [-0.25, -0.2) is 0 Å². The molecule has 0 aliphatic heterocycles. The van der Waals surface area contributed by atoms with Crippen LogP contribution in [0.3, 0.4) is 0 Å². The number of nitrogens with one attached hydrogen (secondary N) is 1. The maximum Gasteiger partial charge on any atom is 0.283 e. The number of hydrogen-bond acceptors (Lipinski definition) is 4. The molecule has 0 heterocycles. The first-order valence-electron chi connectivity index (χ1n) is 5.59. The van der Waals surface area contributed by atoms with Crippen LogP contribution in [-0.4, -0.2) is 10.8 Å². The smallest absolute Gasteiger partial charge is 0.283 e. The van der Waals surface area contributed by atoms with Crippen molar-refractivity contribution in [1.29, 1.82) is 0 Å². The lowest BCUT2D eigenvalue weighted by molar-refractivity contribution is -0.385. The summed E-state index contributed by atoms with van der Waals surface area (Å²) in [6.45, 7) is 0.